The Bertz CT molecular complexity index is 685. The van der Waals surface area contributed by atoms with Crippen LogP contribution < -0.4 is 0 Å². The molecule has 2 atom stereocenters. The lowest BCUT2D eigenvalue weighted by atomic mass is 9.74. The molecule has 1 N–H and O–H groups in total. The standard InChI is InChI=1S/C23H30FNO2/c1-2-3-13-23(26,20-9-11-21(24)12-10-20)22(19-7-5-4-6-8-19)18-25-14-16-27-17-15-25/h4-12,22,26H,2-3,13-18H2,1H3/t22-,23+/m0/s1. The van der Waals surface area contributed by atoms with Crippen LogP contribution in [-0.4, -0.2) is 42.9 Å². The number of ether oxygens (including phenoxy) is 1. The monoisotopic (exact) mass is 371 g/mol. The minimum atomic E-state index is -1.04. The fourth-order valence-electron chi connectivity index (χ4n) is 3.96. The number of rotatable bonds is 8. The molecule has 4 heteroatoms. The second-order valence-electron chi connectivity index (χ2n) is 7.41. The van der Waals surface area contributed by atoms with Crippen LogP contribution in [0.25, 0.3) is 0 Å². The molecule has 1 heterocycles. The summed E-state index contributed by atoms with van der Waals surface area (Å²) in [5.41, 5.74) is 0.870. The second-order valence-corrected chi connectivity index (χ2v) is 7.41. The predicted octanol–water partition coefficient (Wildman–Crippen LogP) is 4.32. The number of unbranched alkanes of at least 4 members (excludes halogenated alkanes) is 1. The van der Waals surface area contributed by atoms with E-state index < -0.39 is 5.60 Å². The Morgan fingerprint density at radius 1 is 1.07 bits per heavy atom. The quantitative estimate of drug-likeness (QED) is 0.750. The Morgan fingerprint density at radius 2 is 1.74 bits per heavy atom. The number of aliphatic hydroxyl groups is 1. The molecule has 27 heavy (non-hydrogen) atoms. The molecule has 0 spiro atoms. The third kappa shape index (κ3) is 4.95. The third-order valence-corrected chi connectivity index (χ3v) is 5.58. The molecule has 1 aliphatic rings. The van der Waals surface area contributed by atoms with Crippen molar-refractivity contribution >= 4 is 0 Å². The van der Waals surface area contributed by atoms with Gasteiger partial charge in [0.1, 0.15) is 5.82 Å². The largest absolute Gasteiger partial charge is 0.384 e. The molecule has 1 saturated heterocycles. The van der Waals surface area contributed by atoms with Crippen LogP contribution in [-0.2, 0) is 10.3 Å². The van der Waals surface area contributed by atoms with Crippen LogP contribution in [0.15, 0.2) is 54.6 Å². The lowest BCUT2D eigenvalue weighted by Gasteiger charge is -2.41. The number of hydrogen-bond donors (Lipinski definition) is 1. The van der Waals surface area contributed by atoms with E-state index in [2.05, 4.69) is 24.0 Å². The van der Waals surface area contributed by atoms with E-state index in [4.69, 9.17) is 4.74 Å². The van der Waals surface area contributed by atoms with E-state index in [1.807, 2.05) is 18.2 Å². The van der Waals surface area contributed by atoms with Crippen LogP contribution in [0.5, 0.6) is 0 Å². The Morgan fingerprint density at radius 3 is 2.37 bits per heavy atom. The summed E-state index contributed by atoms with van der Waals surface area (Å²) in [6, 6.07) is 16.6. The Labute approximate surface area is 161 Å². The van der Waals surface area contributed by atoms with Gasteiger partial charge in [-0.2, -0.15) is 0 Å². The van der Waals surface area contributed by atoms with E-state index >= 15 is 0 Å². The van der Waals surface area contributed by atoms with Crippen LogP contribution in [0.1, 0.15) is 43.2 Å². The highest BCUT2D eigenvalue weighted by Gasteiger charge is 2.40. The molecule has 2 aromatic carbocycles. The van der Waals surface area contributed by atoms with Gasteiger partial charge in [0.05, 0.1) is 18.8 Å². The number of morpholine rings is 1. The van der Waals surface area contributed by atoms with Gasteiger partial charge in [-0.15, -0.1) is 0 Å². The SMILES string of the molecule is CCCC[C@@](O)(c1ccc(F)cc1)[C@@H](CN1CCOCC1)c1ccccc1. The van der Waals surface area contributed by atoms with Crippen molar-refractivity contribution < 1.29 is 14.2 Å². The zero-order valence-corrected chi connectivity index (χ0v) is 16.1. The van der Waals surface area contributed by atoms with Crippen molar-refractivity contribution in [3.05, 3.63) is 71.5 Å². The van der Waals surface area contributed by atoms with Crippen molar-refractivity contribution in [2.75, 3.05) is 32.8 Å². The smallest absolute Gasteiger partial charge is 0.123 e. The number of halogens is 1. The van der Waals surface area contributed by atoms with E-state index in [1.54, 1.807) is 12.1 Å². The fraction of sp³-hybridized carbons (Fsp3) is 0.478. The molecule has 0 aliphatic carbocycles. The molecular formula is C23H30FNO2. The van der Waals surface area contributed by atoms with Crippen LogP contribution in [0.2, 0.25) is 0 Å². The summed E-state index contributed by atoms with van der Waals surface area (Å²) in [7, 11) is 0. The van der Waals surface area contributed by atoms with Crippen LogP contribution >= 0.6 is 0 Å². The zero-order valence-electron chi connectivity index (χ0n) is 16.1. The van der Waals surface area contributed by atoms with Gasteiger partial charge in [0.2, 0.25) is 0 Å². The fourth-order valence-corrected chi connectivity index (χ4v) is 3.96. The molecule has 1 fully saturated rings. The first kappa shape index (κ1) is 20.0. The van der Waals surface area contributed by atoms with Gasteiger partial charge in [0.15, 0.2) is 0 Å². The molecule has 3 rings (SSSR count). The lowest BCUT2D eigenvalue weighted by molar-refractivity contribution is -0.0294. The zero-order chi connectivity index (χ0) is 19.1. The second kappa shape index (κ2) is 9.45. The average Bonchev–Trinajstić information content (AvgIpc) is 2.72. The summed E-state index contributed by atoms with van der Waals surface area (Å²) in [6.07, 6.45) is 2.57. The van der Waals surface area contributed by atoms with Crippen molar-refractivity contribution in [2.24, 2.45) is 0 Å². The number of benzene rings is 2. The van der Waals surface area contributed by atoms with E-state index in [1.165, 1.54) is 12.1 Å². The van der Waals surface area contributed by atoms with E-state index in [-0.39, 0.29) is 11.7 Å². The molecule has 2 aromatic rings. The Kier molecular flexibility index (Phi) is 7.00. The van der Waals surface area contributed by atoms with Crippen molar-refractivity contribution in [2.45, 2.75) is 37.7 Å². The van der Waals surface area contributed by atoms with Gasteiger partial charge in [-0.25, -0.2) is 4.39 Å². The van der Waals surface area contributed by atoms with Gasteiger partial charge in [-0.1, -0.05) is 62.2 Å². The number of hydrogen-bond acceptors (Lipinski definition) is 3. The lowest BCUT2D eigenvalue weighted by Crippen LogP contribution is -2.45. The van der Waals surface area contributed by atoms with E-state index in [0.717, 1.165) is 56.8 Å². The molecule has 0 unspecified atom stereocenters. The topological polar surface area (TPSA) is 32.7 Å². The maximum Gasteiger partial charge on any atom is 0.123 e. The first-order valence-electron chi connectivity index (χ1n) is 9.97. The maximum atomic E-state index is 13.5. The van der Waals surface area contributed by atoms with Crippen molar-refractivity contribution in [3.63, 3.8) is 0 Å². The van der Waals surface area contributed by atoms with Crippen LogP contribution in [0.4, 0.5) is 4.39 Å². The normalized spacial score (nSPS) is 18.8. The summed E-state index contributed by atoms with van der Waals surface area (Å²) in [5, 5.41) is 12.0. The van der Waals surface area contributed by atoms with Crippen LogP contribution in [0.3, 0.4) is 0 Å². The van der Waals surface area contributed by atoms with Crippen molar-refractivity contribution in [3.8, 4) is 0 Å². The first-order chi connectivity index (χ1) is 13.1. The highest BCUT2D eigenvalue weighted by molar-refractivity contribution is 5.32. The van der Waals surface area contributed by atoms with Gasteiger partial charge in [0, 0.05) is 25.6 Å². The molecule has 0 amide bonds. The van der Waals surface area contributed by atoms with Crippen molar-refractivity contribution in [1.29, 1.82) is 0 Å². The van der Waals surface area contributed by atoms with Gasteiger partial charge in [0.25, 0.3) is 0 Å². The molecule has 1 aliphatic heterocycles. The van der Waals surface area contributed by atoms with Crippen LogP contribution in [0, 0.1) is 5.82 Å². The molecule has 146 valence electrons. The summed E-state index contributed by atoms with van der Waals surface area (Å²) >= 11 is 0. The maximum absolute atomic E-state index is 13.5. The van der Waals surface area contributed by atoms with Gasteiger partial charge in [-0.05, 0) is 29.7 Å². The predicted molar refractivity (Wildman–Crippen MR) is 106 cm³/mol. The third-order valence-electron chi connectivity index (χ3n) is 5.58. The van der Waals surface area contributed by atoms with Gasteiger partial charge < -0.3 is 9.84 Å². The summed E-state index contributed by atoms with van der Waals surface area (Å²) < 4.78 is 19.0. The summed E-state index contributed by atoms with van der Waals surface area (Å²) in [6.45, 7) is 6.08. The molecular weight excluding hydrogens is 341 g/mol. The molecule has 0 bridgehead atoms. The Balaban J connectivity index is 1.99. The van der Waals surface area contributed by atoms with Crippen molar-refractivity contribution in [1.82, 2.24) is 4.90 Å². The minimum absolute atomic E-state index is 0.0891. The van der Waals surface area contributed by atoms with E-state index in [0.29, 0.717) is 6.42 Å². The average molecular weight is 371 g/mol. The summed E-state index contributed by atoms with van der Waals surface area (Å²) in [5.74, 6) is -0.366. The highest BCUT2D eigenvalue weighted by Crippen LogP contribution is 2.41. The van der Waals surface area contributed by atoms with Gasteiger partial charge >= 0.3 is 0 Å². The van der Waals surface area contributed by atoms with Gasteiger partial charge in [-0.3, -0.25) is 4.90 Å². The molecule has 3 nitrogen and oxygen atoms in total. The number of nitrogens with zero attached hydrogens (tertiary/aromatic N) is 1. The summed E-state index contributed by atoms with van der Waals surface area (Å²) in [4.78, 5) is 2.36. The molecule has 0 saturated carbocycles. The molecule has 0 aromatic heterocycles. The first-order valence-corrected chi connectivity index (χ1v) is 9.97. The highest BCUT2D eigenvalue weighted by atomic mass is 19.1. The Hall–Kier alpha value is -1.75. The van der Waals surface area contributed by atoms with E-state index in [9.17, 15) is 9.50 Å². The molecule has 0 radical (unpaired) electrons. The minimum Gasteiger partial charge on any atom is -0.384 e.